The summed E-state index contributed by atoms with van der Waals surface area (Å²) < 4.78 is 4.29. The number of aryl methyl sites for hydroxylation is 1. The summed E-state index contributed by atoms with van der Waals surface area (Å²) in [5.74, 6) is 1.98. The second-order valence-electron chi connectivity index (χ2n) is 3.92. The zero-order valence-electron chi connectivity index (χ0n) is 8.62. The molecule has 0 spiro atoms. The lowest BCUT2D eigenvalue weighted by Crippen LogP contribution is -2.01. The van der Waals surface area contributed by atoms with Gasteiger partial charge in [0, 0.05) is 24.5 Å². The quantitative estimate of drug-likeness (QED) is 0.786. The molecular weight excluding hydrogens is 194 g/mol. The van der Waals surface area contributed by atoms with Crippen LogP contribution < -0.4 is 5.32 Å². The van der Waals surface area contributed by atoms with Crippen LogP contribution in [0.2, 0.25) is 0 Å². The van der Waals surface area contributed by atoms with Crippen LogP contribution in [0.5, 0.6) is 0 Å². The van der Waals surface area contributed by atoms with Gasteiger partial charge < -0.3 is 5.32 Å². The molecule has 1 saturated carbocycles. The molecule has 1 aliphatic rings. The molecule has 4 heteroatoms. The van der Waals surface area contributed by atoms with Gasteiger partial charge in [-0.05, 0) is 18.8 Å². The lowest BCUT2D eigenvalue weighted by molar-refractivity contribution is 0.759. The summed E-state index contributed by atoms with van der Waals surface area (Å²) in [5.41, 5.74) is 0. The average Bonchev–Trinajstić information content (AvgIpc) is 2.88. The van der Waals surface area contributed by atoms with Crippen LogP contribution in [0.25, 0.3) is 0 Å². The fourth-order valence-electron chi connectivity index (χ4n) is 1.44. The lowest BCUT2D eigenvalue weighted by atomic mass is 10.3. The Balaban J connectivity index is 1.71. The van der Waals surface area contributed by atoms with Crippen molar-refractivity contribution in [2.45, 2.75) is 39.0 Å². The number of hydrogen-bond acceptors (Lipinski definition) is 4. The molecule has 0 atom stereocenters. The molecule has 1 aromatic heterocycles. The fourth-order valence-corrected chi connectivity index (χ4v) is 2.08. The van der Waals surface area contributed by atoms with Crippen molar-refractivity contribution >= 4 is 16.7 Å². The minimum Gasteiger partial charge on any atom is -0.360 e. The van der Waals surface area contributed by atoms with E-state index >= 15 is 0 Å². The molecule has 0 saturated heterocycles. The Kier molecular flexibility index (Phi) is 3.35. The Morgan fingerprint density at radius 1 is 1.50 bits per heavy atom. The van der Waals surface area contributed by atoms with Crippen molar-refractivity contribution in [2.75, 3.05) is 11.9 Å². The minimum atomic E-state index is 0.991. The number of nitrogens with one attached hydrogen (secondary N) is 1. The van der Waals surface area contributed by atoms with E-state index in [1.165, 1.54) is 30.8 Å². The van der Waals surface area contributed by atoms with Gasteiger partial charge in [0.05, 0.1) is 0 Å². The molecule has 0 radical (unpaired) electrons. The highest BCUT2D eigenvalue weighted by Gasteiger charge is 2.20. The van der Waals surface area contributed by atoms with Gasteiger partial charge in [-0.25, -0.2) is 4.98 Å². The van der Waals surface area contributed by atoms with Gasteiger partial charge in [-0.3, -0.25) is 0 Å². The first-order valence-electron chi connectivity index (χ1n) is 5.45. The summed E-state index contributed by atoms with van der Waals surface area (Å²) >= 11 is 1.49. The molecule has 3 nitrogen and oxygen atoms in total. The summed E-state index contributed by atoms with van der Waals surface area (Å²) in [6, 6.07) is 0. The van der Waals surface area contributed by atoms with Gasteiger partial charge in [-0.2, -0.15) is 4.37 Å². The number of anilines is 1. The Morgan fingerprint density at radius 2 is 2.36 bits per heavy atom. The van der Waals surface area contributed by atoms with Crippen molar-refractivity contribution < 1.29 is 0 Å². The van der Waals surface area contributed by atoms with Crippen LogP contribution in [0, 0.1) is 5.92 Å². The van der Waals surface area contributed by atoms with Gasteiger partial charge in [0.25, 0.3) is 0 Å². The molecule has 2 rings (SSSR count). The smallest absolute Gasteiger partial charge is 0.202 e. The summed E-state index contributed by atoms with van der Waals surface area (Å²) in [6.07, 6.45) is 6.28. The minimum absolute atomic E-state index is 0.991. The van der Waals surface area contributed by atoms with E-state index < -0.39 is 0 Å². The maximum absolute atomic E-state index is 4.41. The highest BCUT2D eigenvalue weighted by atomic mass is 32.1. The zero-order chi connectivity index (χ0) is 9.80. The van der Waals surface area contributed by atoms with Gasteiger partial charge in [-0.1, -0.05) is 19.8 Å². The molecule has 0 amide bonds. The predicted molar refractivity (Wildman–Crippen MR) is 59.7 cm³/mol. The maximum Gasteiger partial charge on any atom is 0.202 e. The van der Waals surface area contributed by atoms with Crippen LogP contribution in [-0.4, -0.2) is 15.9 Å². The molecule has 0 aliphatic heterocycles. The summed E-state index contributed by atoms with van der Waals surface area (Å²) in [7, 11) is 0. The molecule has 1 fully saturated rings. The normalized spacial score (nSPS) is 15.8. The van der Waals surface area contributed by atoms with E-state index in [9.17, 15) is 0 Å². The van der Waals surface area contributed by atoms with Crippen molar-refractivity contribution in [3.63, 3.8) is 0 Å². The molecule has 1 heterocycles. The maximum atomic E-state index is 4.41. The Morgan fingerprint density at radius 3 is 3.07 bits per heavy atom. The van der Waals surface area contributed by atoms with Crippen molar-refractivity contribution in [3.05, 3.63) is 5.82 Å². The van der Waals surface area contributed by atoms with Gasteiger partial charge in [0.15, 0.2) is 0 Å². The van der Waals surface area contributed by atoms with E-state index in [-0.39, 0.29) is 0 Å². The third-order valence-corrected chi connectivity index (χ3v) is 3.18. The zero-order valence-corrected chi connectivity index (χ0v) is 9.44. The van der Waals surface area contributed by atoms with Crippen molar-refractivity contribution in [1.29, 1.82) is 0 Å². The van der Waals surface area contributed by atoms with E-state index in [2.05, 4.69) is 21.6 Å². The molecule has 78 valence electrons. The van der Waals surface area contributed by atoms with Crippen molar-refractivity contribution in [1.82, 2.24) is 9.36 Å². The van der Waals surface area contributed by atoms with E-state index in [1.54, 1.807) is 0 Å². The molecule has 14 heavy (non-hydrogen) atoms. The predicted octanol–water partition coefficient (Wildman–Crippen LogP) is 2.70. The molecule has 1 aromatic rings. The fraction of sp³-hybridized carbons (Fsp3) is 0.800. The monoisotopic (exact) mass is 211 g/mol. The van der Waals surface area contributed by atoms with E-state index in [4.69, 9.17) is 0 Å². The molecule has 1 N–H and O–H groups in total. The lowest BCUT2D eigenvalue weighted by Gasteiger charge is -1.98. The molecule has 0 unspecified atom stereocenters. The largest absolute Gasteiger partial charge is 0.360 e. The number of nitrogens with zero attached hydrogens (tertiary/aromatic N) is 2. The van der Waals surface area contributed by atoms with Crippen LogP contribution in [0.1, 0.15) is 38.4 Å². The van der Waals surface area contributed by atoms with Gasteiger partial charge in [0.1, 0.15) is 5.82 Å². The van der Waals surface area contributed by atoms with Gasteiger partial charge >= 0.3 is 0 Å². The second-order valence-corrected chi connectivity index (χ2v) is 4.68. The molecule has 0 bridgehead atoms. The number of rotatable bonds is 6. The first-order chi connectivity index (χ1) is 6.88. The molecule has 0 aromatic carbocycles. The Bertz CT molecular complexity index is 281. The van der Waals surface area contributed by atoms with Crippen LogP contribution in [0.15, 0.2) is 0 Å². The van der Waals surface area contributed by atoms with E-state index in [0.29, 0.717) is 0 Å². The van der Waals surface area contributed by atoms with E-state index in [1.807, 2.05) is 0 Å². The average molecular weight is 211 g/mol. The standard InChI is InChI=1S/C10H17N3S/c1-2-3-9-12-10(14-13-9)11-7-6-8-4-5-8/h8H,2-7H2,1H3,(H,11,12,13). The van der Waals surface area contributed by atoms with Crippen molar-refractivity contribution in [3.8, 4) is 0 Å². The first-order valence-corrected chi connectivity index (χ1v) is 6.22. The summed E-state index contributed by atoms with van der Waals surface area (Å²) in [6.45, 7) is 3.21. The summed E-state index contributed by atoms with van der Waals surface area (Å²) in [5, 5.41) is 4.33. The Hall–Kier alpha value is -0.640. The van der Waals surface area contributed by atoms with Crippen LogP contribution in [0.4, 0.5) is 5.13 Å². The first kappa shape index (κ1) is 9.90. The second kappa shape index (κ2) is 4.73. The van der Waals surface area contributed by atoms with Crippen molar-refractivity contribution in [2.24, 2.45) is 5.92 Å². The van der Waals surface area contributed by atoms with Gasteiger partial charge in [-0.15, -0.1) is 0 Å². The number of hydrogen-bond donors (Lipinski definition) is 1. The van der Waals surface area contributed by atoms with Crippen LogP contribution in [-0.2, 0) is 6.42 Å². The van der Waals surface area contributed by atoms with Crippen LogP contribution >= 0.6 is 11.5 Å². The van der Waals surface area contributed by atoms with E-state index in [0.717, 1.165) is 36.3 Å². The number of aromatic nitrogens is 2. The topological polar surface area (TPSA) is 37.8 Å². The molecular formula is C10H17N3S. The third kappa shape index (κ3) is 2.94. The molecule has 1 aliphatic carbocycles. The Labute approximate surface area is 89.1 Å². The van der Waals surface area contributed by atoms with Gasteiger partial charge in [0.2, 0.25) is 5.13 Å². The SMILES string of the molecule is CCCc1nsc(NCCC2CC2)n1. The highest BCUT2D eigenvalue weighted by Crippen LogP contribution is 2.32. The highest BCUT2D eigenvalue weighted by molar-refractivity contribution is 7.09. The third-order valence-electron chi connectivity index (χ3n) is 2.47. The summed E-state index contributed by atoms with van der Waals surface area (Å²) in [4.78, 5) is 4.41. The van der Waals surface area contributed by atoms with Crippen LogP contribution in [0.3, 0.4) is 0 Å².